The van der Waals surface area contributed by atoms with E-state index in [4.69, 9.17) is 4.74 Å². The van der Waals surface area contributed by atoms with E-state index >= 15 is 0 Å². The molecule has 0 unspecified atom stereocenters. The van der Waals surface area contributed by atoms with Crippen molar-refractivity contribution in [2.75, 3.05) is 6.61 Å². The zero-order valence-corrected chi connectivity index (χ0v) is 18.1. The van der Waals surface area contributed by atoms with E-state index in [1.165, 1.54) is 0 Å². The number of fused-ring (bicyclic) bond motifs is 3. The predicted octanol–water partition coefficient (Wildman–Crippen LogP) is 3.59. The van der Waals surface area contributed by atoms with Crippen molar-refractivity contribution in [1.82, 2.24) is 10.6 Å². The molecule has 1 saturated carbocycles. The standard InChI is InChI=1S/C26H26N2O5/c29-23(30)16-6-5-7-17(14-16)27-24(31)26(12-13-26)28-25(32)33-15-22-20-10-3-1-8-18(20)19-9-2-4-11-21(19)22/h1-5,7-11,16-17,22H,6,12-15H2,(H,27,31)(H,28,32)(H,29,30)/t16-,17-/m1/s1. The Balaban J connectivity index is 1.20. The van der Waals surface area contributed by atoms with Gasteiger partial charge in [0, 0.05) is 12.0 Å². The number of alkyl carbamates (subject to hydrolysis) is 1. The molecule has 5 rings (SSSR count). The predicted molar refractivity (Wildman–Crippen MR) is 122 cm³/mol. The van der Waals surface area contributed by atoms with Crippen LogP contribution in [0.2, 0.25) is 0 Å². The van der Waals surface area contributed by atoms with Gasteiger partial charge in [0.05, 0.1) is 5.92 Å². The molecular formula is C26H26N2O5. The van der Waals surface area contributed by atoms with E-state index in [0.29, 0.717) is 25.7 Å². The molecule has 33 heavy (non-hydrogen) atoms. The molecule has 2 atom stereocenters. The van der Waals surface area contributed by atoms with Crippen molar-refractivity contribution in [3.8, 4) is 11.1 Å². The Labute approximate surface area is 191 Å². The number of hydrogen-bond acceptors (Lipinski definition) is 4. The summed E-state index contributed by atoms with van der Waals surface area (Å²) < 4.78 is 5.58. The Hall–Kier alpha value is -3.61. The van der Waals surface area contributed by atoms with Gasteiger partial charge in [-0.2, -0.15) is 0 Å². The second-order valence-corrected chi connectivity index (χ2v) is 9.05. The summed E-state index contributed by atoms with van der Waals surface area (Å²) in [7, 11) is 0. The number of hydrogen-bond donors (Lipinski definition) is 3. The molecule has 3 aliphatic rings. The van der Waals surface area contributed by atoms with E-state index in [-0.39, 0.29) is 24.5 Å². The Morgan fingerprint density at radius 2 is 1.64 bits per heavy atom. The van der Waals surface area contributed by atoms with Crippen LogP contribution in [0.5, 0.6) is 0 Å². The highest BCUT2D eigenvalue weighted by atomic mass is 16.5. The molecular weight excluding hydrogens is 420 g/mol. The molecule has 2 aromatic carbocycles. The van der Waals surface area contributed by atoms with E-state index in [1.807, 2.05) is 30.3 Å². The Morgan fingerprint density at radius 3 is 2.24 bits per heavy atom. The molecule has 0 heterocycles. The van der Waals surface area contributed by atoms with Gasteiger partial charge in [0.2, 0.25) is 5.91 Å². The van der Waals surface area contributed by atoms with Gasteiger partial charge in [-0.1, -0.05) is 60.7 Å². The lowest BCUT2D eigenvalue weighted by Gasteiger charge is -2.25. The molecule has 7 heteroatoms. The summed E-state index contributed by atoms with van der Waals surface area (Å²) >= 11 is 0. The molecule has 0 bridgehead atoms. The van der Waals surface area contributed by atoms with Gasteiger partial charge in [-0.25, -0.2) is 4.79 Å². The minimum Gasteiger partial charge on any atom is -0.481 e. The summed E-state index contributed by atoms with van der Waals surface area (Å²) in [5.41, 5.74) is 3.58. The lowest BCUT2D eigenvalue weighted by molar-refractivity contribution is -0.142. The maximum atomic E-state index is 12.8. The number of amides is 2. The van der Waals surface area contributed by atoms with E-state index < -0.39 is 23.5 Å². The lowest BCUT2D eigenvalue weighted by atomic mass is 9.91. The number of rotatable bonds is 6. The van der Waals surface area contributed by atoms with Crippen molar-refractivity contribution in [1.29, 1.82) is 0 Å². The molecule has 0 aromatic heterocycles. The molecule has 0 radical (unpaired) electrons. The van der Waals surface area contributed by atoms with Crippen LogP contribution in [0.15, 0.2) is 60.7 Å². The molecule has 2 amide bonds. The maximum Gasteiger partial charge on any atom is 0.408 e. The number of carboxylic acid groups (broad SMARTS) is 1. The van der Waals surface area contributed by atoms with Crippen LogP contribution in [-0.2, 0) is 14.3 Å². The van der Waals surface area contributed by atoms with Crippen LogP contribution in [0.3, 0.4) is 0 Å². The molecule has 0 spiro atoms. The van der Waals surface area contributed by atoms with Gasteiger partial charge < -0.3 is 20.5 Å². The van der Waals surface area contributed by atoms with Crippen LogP contribution in [-0.4, -0.2) is 41.3 Å². The fourth-order valence-electron chi connectivity index (χ4n) is 4.87. The summed E-state index contributed by atoms with van der Waals surface area (Å²) in [6.07, 6.45) is 4.85. The van der Waals surface area contributed by atoms with Crippen LogP contribution in [0, 0.1) is 5.92 Å². The highest BCUT2D eigenvalue weighted by Crippen LogP contribution is 2.44. The largest absolute Gasteiger partial charge is 0.481 e. The van der Waals surface area contributed by atoms with E-state index in [0.717, 1.165) is 22.3 Å². The molecule has 3 aliphatic carbocycles. The number of carboxylic acids is 1. The second kappa shape index (κ2) is 8.39. The first-order valence-electron chi connectivity index (χ1n) is 11.3. The first-order chi connectivity index (χ1) is 16.0. The number of allylic oxidation sites excluding steroid dienone is 1. The number of benzene rings is 2. The first-order valence-corrected chi connectivity index (χ1v) is 11.3. The van der Waals surface area contributed by atoms with Gasteiger partial charge >= 0.3 is 12.1 Å². The third-order valence-corrected chi connectivity index (χ3v) is 6.86. The number of ether oxygens (including phenoxy) is 1. The third kappa shape index (κ3) is 4.11. The highest BCUT2D eigenvalue weighted by molar-refractivity contribution is 5.93. The minimum absolute atomic E-state index is 0.0487. The Morgan fingerprint density at radius 1 is 1.00 bits per heavy atom. The maximum absolute atomic E-state index is 12.8. The monoisotopic (exact) mass is 446 g/mol. The van der Waals surface area contributed by atoms with Gasteiger partial charge in [-0.3, -0.25) is 9.59 Å². The zero-order chi connectivity index (χ0) is 23.0. The van der Waals surface area contributed by atoms with Gasteiger partial charge in [0.15, 0.2) is 0 Å². The SMILES string of the molecule is O=C(NC1(C(=O)N[C@@H]2C=CC[C@@H](C(=O)O)C2)CC1)OCC1c2ccccc2-c2ccccc21. The molecule has 1 fully saturated rings. The molecule has 170 valence electrons. The number of carbonyl (C=O) groups is 3. The van der Waals surface area contributed by atoms with E-state index in [2.05, 4.69) is 34.9 Å². The first kappa shape index (κ1) is 21.2. The fraction of sp³-hybridized carbons (Fsp3) is 0.346. The van der Waals surface area contributed by atoms with E-state index in [9.17, 15) is 19.5 Å². The van der Waals surface area contributed by atoms with E-state index in [1.54, 1.807) is 6.08 Å². The Bertz CT molecular complexity index is 1090. The highest BCUT2D eigenvalue weighted by Gasteiger charge is 2.52. The zero-order valence-electron chi connectivity index (χ0n) is 18.1. The van der Waals surface area contributed by atoms with Gasteiger partial charge in [-0.05, 0) is 47.9 Å². The van der Waals surface area contributed by atoms with Crippen molar-refractivity contribution in [2.24, 2.45) is 5.92 Å². The lowest BCUT2D eigenvalue weighted by Crippen LogP contribution is -2.52. The molecule has 3 N–H and O–H groups in total. The summed E-state index contributed by atoms with van der Waals surface area (Å²) in [6.45, 7) is 0.184. The topological polar surface area (TPSA) is 105 Å². The number of aliphatic carboxylic acids is 1. The van der Waals surface area contributed by atoms with Crippen molar-refractivity contribution in [3.63, 3.8) is 0 Å². The third-order valence-electron chi connectivity index (χ3n) is 6.86. The second-order valence-electron chi connectivity index (χ2n) is 9.05. The molecule has 2 aromatic rings. The quantitative estimate of drug-likeness (QED) is 0.588. The van der Waals surface area contributed by atoms with Crippen molar-refractivity contribution < 1.29 is 24.2 Å². The number of carbonyl (C=O) groups excluding carboxylic acids is 2. The summed E-state index contributed by atoms with van der Waals surface area (Å²) in [4.78, 5) is 36.7. The summed E-state index contributed by atoms with van der Waals surface area (Å²) in [5, 5.41) is 14.9. The minimum atomic E-state index is -0.980. The van der Waals surface area contributed by atoms with Crippen molar-refractivity contribution in [3.05, 3.63) is 71.8 Å². The van der Waals surface area contributed by atoms with Crippen LogP contribution in [0.25, 0.3) is 11.1 Å². The summed E-state index contributed by atoms with van der Waals surface area (Å²) in [6, 6.07) is 15.9. The molecule has 0 saturated heterocycles. The molecule has 0 aliphatic heterocycles. The number of nitrogens with one attached hydrogen (secondary N) is 2. The normalized spacial score (nSPS) is 22.1. The molecule has 7 nitrogen and oxygen atoms in total. The van der Waals surface area contributed by atoms with Crippen LogP contribution >= 0.6 is 0 Å². The smallest absolute Gasteiger partial charge is 0.408 e. The average molecular weight is 447 g/mol. The average Bonchev–Trinajstić information content (AvgIpc) is 3.53. The van der Waals surface area contributed by atoms with Crippen molar-refractivity contribution >= 4 is 18.0 Å². The summed E-state index contributed by atoms with van der Waals surface area (Å²) in [5.74, 6) is -1.72. The van der Waals surface area contributed by atoms with Crippen LogP contribution in [0.1, 0.15) is 42.7 Å². The Kier molecular flexibility index (Phi) is 5.40. The van der Waals surface area contributed by atoms with Gasteiger partial charge in [0.25, 0.3) is 0 Å². The van der Waals surface area contributed by atoms with Crippen LogP contribution in [0.4, 0.5) is 4.79 Å². The van der Waals surface area contributed by atoms with Gasteiger partial charge in [0.1, 0.15) is 12.1 Å². The fourth-order valence-corrected chi connectivity index (χ4v) is 4.87. The van der Waals surface area contributed by atoms with Crippen molar-refractivity contribution in [2.45, 2.75) is 43.2 Å². The van der Waals surface area contributed by atoms with Gasteiger partial charge in [-0.15, -0.1) is 0 Å². The van der Waals surface area contributed by atoms with Crippen LogP contribution < -0.4 is 10.6 Å².